The van der Waals surface area contributed by atoms with Crippen molar-refractivity contribution in [2.24, 2.45) is 11.0 Å². The first-order valence-electron chi connectivity index (χ1n) is 6.06. The molecule has 1 aliphatic rings. The molecule has 0 unspecified atom stereocenters. The number of hydrogen-bond acceptors (Lipinski definition) is 4. The molecule has 20 heavy (non-hydrogen) atoms. The van der Waals surface area contributed by atoms with Crippen LogP contribution < -0.4 is 14.9 Å². The van der Waals surface area contributed by atoms with Gasteiger partial charge in [0.05, 0.1) is 13.3 Å². The molecule has 5 nitrogen and oxygen atoms in total. The van der Waals surface area contributed by atoms with Crippen molar-refractivity contribution in [3.05, 3.63) is 23.8 Å². The second-order valence-electron chi connectivity index (χ2n) is 4.30. The Morgan fingerprint density at radius 3 is 2.80 bits per heavy atom. The maximum atomic E-state index is 12.3. The molecule has 0 heterocycles. The van der Waals surface area contributed by atoms with Gasteiger partial charge in [-0.2, -0.15) is 13.9 Å². The van der Waals surface area contributed by atoms with Crippen LogP contribution in [0.15, 0.2) is 23.3 Å². The van der Waals surface area contributed by atoms with E-state index in [1.165, 1.54) is 25.5 Å². The number of carbonyl (C=O) groups is 1. The molecular formula is C13H14F2N2O3. The first kappa shape index (κ1) is 14.2. The van der Waals surface area contributed by atoms with Gasteiger partial charge in [0.1, 0.15) is 0 Å². The summed E-state index contributed by atoms with van der Waals surface area (Å²) in [6.07, 6.45) is 3.13. The average molecular weight is 284 g/mol. The van der Waals surface area contributed by atoms with E-state index >= 15 is 0 Å². The molecule has 1 aromatic rings. The quantitative estimate of drug-likeness (QED) is 0.643. The third-order valence-electron chi connectivity index (χ3n) is 2.74. The molecule has 1 aromatic carbocycles. The monoisotopic (exact) mass is 284 g/mol. The normalized spacial score (nSPS) is 14.6. The Labute approximate surface area is 114 Å². The van der Waals surface area contributed by atoms with Crippen LogP contribution in [0.3, 0.4) is 0 Å². The number of hydrogen-bond donors (Lipinski definition) is 1. The van der Waals surface area contributed by atoms with E-state index in [1.807, 2.05) is 0 Å². The molecule has 108 valence electrons. The van der Waals surface area contributed by atoms with Crippen molar-refractivity contribution in [3.8, 4) is 11.5 Å². The summed E-state index contributed by atoms with van der Waals surface area (Å²) in [7, 11) is 1.36. The molecule has 1 aliphatic carbocycles. The van der Waals surface area contributed by atoms with Crippen LogP contribution >= 0.6 is 0 Å². The maximum Gasteiger partial charge on any atom is 0.387 e. The third-order valence-corrected chi connectivity index (χ3v) is 2.74. The lowest BCUT2D eigenvalue weighted by Gasteiger charge is -2.10. The predicted octanol–water partition coefficient (Wildman–Crippen LogP) is 2.16. The van der Waals surface area contributed by atoms with E-state index < -0.39 is 6.61 Å². The summed E-state index contributed by atoms with van der Waals surface area (Å²) < 4.78 is 33.8. The summed E-state index contributed by atoms with van der Waals surface area (Å²) in [6, 6.07) is 4.46. The standard InChI is InChI=1S/C13H14F2N2O3/c1-19-10-5-2-8(6-11(10)20-13(14)15)7-16-17-12(18)9-3-4-9/h2,5-7,9,13H,3-4H2,1H3,(H,17,18)/b16-7-. The van der Waals surface area contributed by atoms with E-state index in [4.69, 9.17) is 4.74 Å². The lowest BCUT2D eigenvalue weighted by atomic mass is 10.2. The Bertz CT molecular complexity index is 516. The molecule has 0 aromatic heterocycles. The van der Waals surface area contributed by atoms with Gasteiger partial charge in [0.2, 0.25) is 5.91 Å². The number of ether oxygens (including phenoxy) is 2. The number of hydrazone groups is 1. The Kier molecular flexibility index (Phi) is 4.49. The lowest BCUT2D eigenvalue weighted by Crippen LogP contribution is -2.18. The number of halogens is 2. The summed E-state index contributed by atoms with van der Waals surface area (Å²) in [4.78, 5) is 11.3. The Balaban J connectivity index is 2.03. The van der Waals surface area contributed by atoms with Crippen LogP contribution in [0.5, 0.6) is 11.5 Å². The van der Waals surface area contributed by atoms with Gasteiger partial charge in [-0.15, -0.1) is 0 Å². The van der Waals surface area contributed by atoms with Crippen LogP contribution in [0, 0.1) is 5.92 Å². The Hall–Kier alpha value is -2.18. The van der Waals surface area contributed by atoms with E-state index in [0.717, 1.165) is 12.8 Å². The highest BCUT2D eigenvalue weighted by atomic mass is 19.3. The lowest BCUT2D eigenvalue weighted by molar-refractivity contribution is -0.122. The highest BCUT2D eigenvalue weighted by molar-refractivity contribution is 5.84. The molecule has 0 bridgehead atoms. The number of carbonyl (C=O) groups excluding carboxylic acids is 1. The molecule has 0 aliphatic heterocycles. The minimum Gasteiger partial charge on any atom is -0.493 e. The zero-order valence-electron chi connectivity index (χ0n) is 10.8. The molecule has 0 spiro atoms. The van der Waals surface area contributed by atoms with E-state index in [1.54, 1.807) is 6.07 Å². The third kappa shape index (κ3) is 3.91. The van der Waals surface area contributed by atoms with Gasteiger partial charge < -0.3 is 9.47 Å². The minimum absolute atomic E-state index is 0.0562. The van der Waals surface area contributed by atoms with E-state index in [0.29, 0.717) is 5.56 Å². The summed E-state index contributed by atoms with van der Waals surface area (Å²) in [6.45, 7) is -2.94. The van der Waals surface area contributed by atoms with Crippen molar-refractivity contribution in [3.63, 3.8) is 0 Å². The van der Waals surface area contributed by atoms with Crippen LogP contribution in [-0.4, -0.2) is 25.8 Å². The maximum absolute atomic E-state index is 12.3. The van der Waals surface area contributed by atoms with Crippen LogP contribution in [0.25, 0.3) is 0 Å². The Morgan fingerprint density at radius 2 is 2.20 bits per heavy atom. The highest BCUT2D eigenvalue weighted by Crippen LogP contribution is 2.29. The largest absolute Gasteiger partial charge is 0.493 e. The fourth-order valence-electron chi connectivity index (χ4n) is 1.57. The topological polar surface area (TPSA) is 59.9 Å². The number of nitrogens with zero attached hydrogens (tertiary/aromatic N) is 1. The van der Waals surface area contributed by atoms with Crippen molar-refractivity contribution in [1.29, 1.82) is 0 Å². The van der Waals surface area contributed by atoms with Gasteiger partial charge in [0, 0.05) is 5.92 Å². The van der Waals surface area contributed by atoms with Gasteiger partial charge in [-0.1, -0.05) is 0 Å². The smallest absolute Gasteiger partial charge is 0.387 e. The zero-order valence-corrected chi connectivity index (χ0v) is 10.8. The van der Waals surface area contributed by atoms with Crippen molar-refractivity contribution >= 4 is 12.1 Å². The molecule has 0 saturated heterocycles. The fourth-order valence-corrected chi connectivity index (χ4v) is 1.57. The average Bonchev–Trinajstić information content (AvgIpc) is 3.22. The first-order chi connectivity index (χ1) is 9.60. The fraction of sp³-hybridized carbons (Fsp3) is 0.385. The number of amides is 1. The molecule has 0 radical (unpaired) electrons. The van der Waals surface area contributed by atoms with E-state index in [-0.39, 0.29) is 23.3 Å². The number of benzene rings is 1. The van der Waals surface area contributed by atoms with Crippen LogP contribution in [0.4, 0.5) is 8.78 Å². The molecular weight excluding hydrogens is 270 g/mol. The van der Waals surface area contributed by atoms with Crippen LogP contribution in [0.2, 0.25) is 0 Å². The second-order valence-corrected chi connectivity index (χ2v) is 4.30. The number of rotatable bonds is 6. The van der Waals surface area contributed by atoms with E-state index in [2.05, 4.69) is 15.3 Å². The predicted molar refractivity (Wildman–Crippen MR) is 68.1 cm³/mol. The van der Waals surface area contributed by atoms with Gasteiger partial charge in [-0.05, 0) is 36.6 Å². The second kappa shape index (κ2) is 6.31. The first-order valence-corrected chi connectivity index (χ1v) is 6.06. The van der Waals surface area contributed by atoms with Crippen LogP contribution in [0.1, 0.15) is 18.4 Å². The van der Waals surface area contributed by atoms with Crippen molar-refractivity contribution in [1.82, 2.24) is 5.43 Å². The highest BCUT2D eigenvalue weighted by Gasteiger charge is 2.29. The summed E-state index contributed by atoms with van der Waals surface area (Å²) in [5, 5.41) is 3.77. The van der Waals surface area contributed by atoms with Gasteiger partial charge in [-0.25, -0.2) is 5.43 Å². The van der Waals surface area contributed by atoms with Crippen molar-refractivity contribution in [2.75, 3.05) is 7.11 Å². The van der Waals surface area contributed by atoms with Gasteiger partial charge in [-0.3, -0.25) is 4.79 Å². The SMILES string of the molecule is COc1ccc(/C=N\NC(=O)C2CC2)cc1OC(F)F. The van der Waals surface area contributed by atoms with Gasteiger partial charge >= 0.3 is 6.61 Å². The van der Waals surface area contributed by atoms with Gasteiger partial charge in [0.15, 0.2) is 11.5 Å². The minimum atomic E-state index is -2.94. The molecule has 1 saturated carbocycles. The number of nitrogens with one attached hydrogen (secondary N) is 1. The van der Waals surface area contributed by atoms with Crippen molar-refractivity contribution < 1.29 is 23.0 Å². The van der Waals surface area contributed by atoms with Gasteiger partial charge in [0.25, 0.3) is 0 Å². The van der Waals surface area contributed by atoms with Crippen LogP contribution in [-0.2, 0) is 4.79 Å². The molecule has 1 fully saturated rings. The van der Waals surface area contributed by atoms with Crippen molar-refractivity contribution in [2.45, 2.75) is 19.5 Å². The molecule has 0 atom stereocenters. The molecule has 2 rings (SSSR count). The molecule has 1 N–H and O–H groups in total. The molecule has 1 amide bonds. The number of methoxy groups -OCH3 is 1. The Morgan fingerprint density at radius 1 is 1.45 bits per heavy atom. The summed E-state index contributed by atoms with van der Waals surface area (Å²) >= 11 is 0. The zero-order chi connectivity index (χ0) is 14.5. The number of alkyl halides is 2. The summed E-state index contributed by atoms with van der Waals surface area (Å²) in [5.41, 5.74) is 2.90. The van der Waals surface area contributed by atoms with E-state index in [9.17, 15) is 13.6 Å². The summed E-state index contributed by atoms with van der Waals surface area (Å²) in [5.74, 6) is 0.0454. The molecule has 7 heteroatoms.